The summed E-state index contributed by atoms with van der Waals surface area (Å²) in [6.45, 7) is -0.126. The summed E-state index contributed by atoms with van der Waals surface area (Å²) in [6, 6.07) is 11.5. The predicted molar refractivity (Wildman–Crippen MR) is 78.5 cm³/mol. The van der Waals surface area contributed by atoms with Crippen LogP contribution in [0, 0.1) is 0 Å². The Bertz CT molecular complexity index is 707. The average Bonchev–Trinajstić information content (AvgIpc) is 2.60. The van der Waals surface area contributed by atoms with Crippen molar-refractivity contribution >= 4 is 17.8 Å². The molecular weight excluding hydrogens is 302 g/mol. The minimum absolute atomic E-state index is 0.0576. The number of urea groups is 1. The second-order valence-electron chi connectivity index (χ2n) is 4.51. The lowest BCUT2D eigenvalue weighted by molar-refractivity contribution is -0.00921. The molecule has 23 heavy (non-hydrogen) atoms. The molecule has 8 heteroatoms. The molecule has 0 saturated heterocycles. The Balaban J connectivity index is 1.58. The maximum Gasteiger partial charge on any atom is 0.415 e. The molecule has 0 saturated carbocycles. The number of hydrogen-bond donors (Lipinski definition) is 1. The van der Waals surface area contributed by atoms with Crippen molar-refractivity contribution in [1.82, 2.24) is 10.3 Å². The number of carbonyl (C=O) groups excluding carboxylic acids is 2. The Hall–Kier alpha value is -3.13. The number of rotatable bonds is 2. The van der Waals surface area contributed by atoms with Gasteiger partial charge in [-0.05, 0) is 17.7 Å². The van der Waals surface area contributed by atoms with Gasteiger partial charge in [-0.25, -0.2) is 24.7 Å². The van der Waals surface area contributed by atoms with Gasteiger partial charge in [-0.1, -0.05) is 30.3 Å². The number of hydrogen-bond acceptors (Lipinski definition) is 6. The van der Waals surface area contributed by atoms with Crippen LogP contribution in [0.1, 0.15) is 5.56 Å². The molecule has 0 fully saturated rings. The van der Waals surface area contributed by atoms with E-state index in [0.29, 0.717) is 5.69 Å². The topological polar surface area (TPSA) is 90.0 Å². The van der Waals surface area contributed by atoms with E-state index in [-0.39, 0.29) is 19.3 Å². The molecular formula is C15H13N3O5. The van der Waals surface area contributed by atoms with Crippen molar-refractivity contribution in [3.8, 4) is 5.88 Å². The van der Waals surface area contributed by atoms with Crippen LogP contribution in [-0.2, 0) is 16.2 Å². The first-order chi connectivity index (χ1) is 11.2. The van der Waals surface area contributed by atoms with Gasteiger partial charge in [0.1, 0.15) is 12.3 Å². The zero-order valence-electron chi connectivity index (χ0n) is 12.0. The van der Waals surface area contributed by atoms with E-state index in [4.69, 9.17) is 14.3 Å². The number of pyridine rings is 1. The molecule has 0 aliphatic carbocycles. The van der Waals surface area contributed by atoms with E-state index in [2.05, 4.69) is 10.3 Å². The Kier molecular flexibility index (Phi) is 4.34. The van der Waals surface area contributed by atoms with Gasteiger partial charge in [0.25, 0.3) is 0 Å². The van der Waals surface area contributed by atoms with Gasteiger partial charge >= 0.3 is 12.1 Å². The van der Waals surface area contributed by atoms with Crippen molar-refractivity contribution < 1.29 is 23.9 Å². The van der Waals surface area contributed by atoms with Crippen molar-refractivity contribution in [2.45, 2.75) is 6.61 Å². The Morgan fingerprint density at radius 2 is 2.04 bits per heavy atom. The fraction of sp³-hybridized carbons (Fsp3) is 0.133. The highest BCUT2D eigenvalue weighted by molar-refractivity contribution is 6.00. The Morgan fingerprint density at radius 3 is 2.87 bits per heavy atom. The second kappa shape index (κ2) is 6.75. The highest BCUT2D eigenvalue weighted by atomic mass is 16.8. The van der Waals surface area contributed by atoms with Gasteiger partial charge in [0.2, 0.25) is 12.7 Å². The van der Waals surface area contributed by atoms with E-state index in [1.165, 1.54) is 6.20 Å². The fourth-order valence-electron chi connectivity index (χ4n) is 1.92. The molecule has 0 radical (unpaired) electrons. The third kappa shape index (κ3) is 3.55. The average molecular weight is 315 g/mol. The number of imide groups is 1. The van der Waals surface area contributed by atoms with Crippen molar-refractivity contribution in [2.75, 3.05) is 11.9 Å². The lowest BCUT2D eigenvalue weighted by Crippen LogP contribution is -2.45. The SMILES string of the molecule is O=C(NC(=O)N1OCOc2ncccc21)OCc1ccccc1. The van der Waals surface area contributed by atoms with E-state index in [1.54, 1.807) is 12.1 Å². The maximum absolute atomic E-state index is 12.1. The summed E-state index contributed by atoms with van der Waals surface area (Å²) in [7, 11) is 0. The number of hydroxylamine groups is 1. The van der Waals surface area contributed by atoms with Crippen LogP contribution in [-0.4, -0.2) is 23.9 Å². The van der Waals surface area contributed by atoms with Gasteiger partial charge in [-0.2, -0.15) is 5.06 Å². The number of carbonyl (C=O) groups is 2. The predicted octanol–water partition coefficient (Wildman–Crippen LogP) is 2.22. The second-order valence-corrected chi connectivity index (χ2v) is 4.51. The van der Waals surface area contributed by atoms with Crippen molar-refractivity contribution in [3.63, 3.8) is 0 Å². The molecule has 1 aromatic heterocycles. The summed E-state index contributed by atoms with van der Waals surface area (Å²) in [5.74, 6) is 0.242. The first-order valence-electron chi connectivity index (χ1n) is 6.76. The highest BCUT2D eigenvalue weighted by Gasteiger charge is 2.27. The van der Waals surface area contributed by atoms with Crippen LogP contribution in [0.2, 0.25) is 0 Å². The van der Waals surface area contributed by atoms with Gasteiger partial charge in [0.05, 0.1) is 0 Å². The molecule has 3 rings (SSSR count). The largest absolute Gasteiger partial charge is 0.447 e. The molecule has 0 unspecified atom stereocenters. The maximum atomic E-state index is 12.1. The molecule has 3 amide bonds. The molecule has 1 aromatic carbocycles. The third-order valence-electron chi connectivity index (χ3n) is 2.95. The molecule has 0 bridgehead atoms. The van der Waals surface area contributed by atoms with E-state index >= 15 is 0 Å². The number of anilines is 1. The lowest BCUT2D eigenvalue weighted by Gasteiger charge is -2.26. The normalized spacial score (nSPS) is 12.8. The number of aromatic nitrogens is 1. The van der Waals surface area contributed by atoms with Crippen LogP contribution in [0.3, 0.4) is 0 Å². The number of benzene rings is 1. The molecule has 8 nitrogen and oxygen atoms in total. The Labute approximate surface area is 131 Å². The standard InChI is InChI=1S/C15H13N3O5/c19-14(17-15(20)21-9-11-5-2-1-3-6-11)18-12-7-4-8-16-13(12)22-10-23-18/h1-8H,9-10H2,(H,17,19,20). The molecule has 0 spiro atoms. The van der Waals surface area contributed by atoms with Crippen LogP contribution in [0.5, 0.6) is 5.88 Å². The van der Waals surface area contributed by atoms with Crippen LogP contribution in [0.25, 0.3) is 0 Å². The molecule has 2 heterocycles. The third-order valence-corrected chi connectivity index (χ3v) is 2.95. The van der Waals surface area contributed by atoms with Gasteiger partial charge in [-0.15, -0.1) is 0 Å². The summed E-state index contributed by atoms with van der Waals surface area (Å²) in [5, 5.41) is 2.98. The zero-order valence-corrected chi connectivity index (χ0v) is 12.0. The number of nitrogens with one attached hydrogen (secondary N) is 1. The molecule has 1 N–H and O–H groups in total. The number of nitrogens with zero attached hydrogens (tertiary/aromatic N) is 2. The van der Waals surface area contributed by atoms with E-state index in [0.717, 1.165) is 10.6 Å². The number of fused-ring (bicyclic) bond motifs is 1. The molecule has 1 aliphatic heterocycles. The highest BCUT2D eigenvalue weighted by Crippen LogP contribution is 2.28. The zero-order chi connectivity index (χ0) is 16.1. The summed E-state index contributed by atoms with van der Waals surface area (Å²) < 4.78 is 10.1. The monoisotopic (exact) mass is 315 g/mol. The molecule has 118 valence electrons. The number of alkyl carbamates (subject to hydrolysis) is 1. The lowest BCUT2D eigenvalue weighted by atomic mass is 10.2. The quantitative estimate of drug-likeness (QED) is 0.914. The van der Waals surface area contributed by atoms with E-state index in [9.17, 15) is 9.59 Å². The van der Waals surface area contributed by atoms with Crippen molar-refractivity contribution in [2.24, 2.45) is 0 Å². The summed E-state index contributed by atoms with van der Waals surface area (Å²) in [4.78, 5) is 32.8. The fourth-order valence-corrected chi connectivity index (χ4v) is 1.92. The van der Waals surface area contributed by atoms with Crippen molar-refractivity contribution in [1.29, 1.82) is 0 Å². The van der Waals surface area contributed by atoms with Gasteiger partial charge in [-0.3, -0.25) is 0 Å². The first kappa shape index (κ1) is 14.8. The summed E-state index contributed by atoms with van der Waals surface area (Å²) in [6.07, 6.45) is 0.647. The molecule has 2 aromatic rings. The van der Waals surface area contributed by atoms with Crippen molar-refractivity contribution in [3.05, 3.63) is 54.2 Å². The van der Waals surface area contributed by atoms with E-state index < -0.39 is 12.1 Å². The first-order valence-corrected chi connectivity index (χ1v) is 6.76. The minimum atomic E-state index is -0.876. The number of amides is 3. The van der Waals surface area contributed by atoms with Crippen LogP contribution in [0.4, 0.5) is 15.3 Å². The molecule has 0 atom stereocenters. The van der Waals surface area contributed by atoms with Crippen LogP contribution >= 0.6 is 0 Å². The smallest absolute Gasteiger partial charge is 0.415 e. The van der Waals surface area contributed by atoms with Gasteiger partial charge in [0, 0.05) is 6.20 Å². The van der Waals surface area contributed by atoms with Crippen LogP contribution in [0.15, 0.2) is 48.7 Å². The minimum Gasteiger partial charge on any atom is -0.447 e. The molecule has 1 aliphatic rings. The number of ether oxygens (including phenoxy) is 2. The van der Waals surface area contributed by atoms with E-state index in [1.807, 2.05) is 30.3 Å². The van der Waals surface area contributed by atoms with Crippen LogP contribution < -0.4 is 15.1 Å². The van der Waals surface area contributed by atoms with Gasteiger partial charge < -0.3 is 9.47 Å². The summed E-state index contributed by atoms with van der Waals surface area (Å²) >= 11 is 0. The van der Waals surface area contributed by atoms with Gasteiger partial charge in [0.15, 0.2) is 0 Å². The summed E-state index contributed by atoms with van der Waals surface area (Å²) in [5.41, 5.74) is 1.11. The Morgan fingerprint density at radius 1 is 1.22 bits per heavy atom.